The molecule has 4 heteroatoms. The fourth-order valence-corrected chi connectivity index (χ4v) is 1.71. The number of hydrogen-bond donors (Lipinski definition) is 1. The summed E-state index contributed by atoms with van der Waals surface area (Å²) in [6.07, 6.45) is 0.773. The van der Waals surface area contributed by atoms with E-state index in [1.54, 1.807) is 0 Å². The Labute approximate surface area is 113 Å². The molecule has 0 aromatic heterocycles. The molecule has 1 N–H and O–H groups in total. The van der Waals surface area contributed by atoms with E-state index < -0.39 is 0 Å². The molecule has 0 spiro atoms. The SMILES string of the molecule is Cc1cc(C)c(OCCCNC(=O)CCl)cc1C. The average molecular weight is 270 g/mol. The molecule has 0 aliphatic carbocycles. The van der Waals surface area contributed by atoms with Crippen LogP contribution in [0, 0.1) is 20.8 Å². The molecule has 100 valence electrons. The van der Waals surface area contributed by atoms with E-state index in [0.717, 1.165) is 17.7 Å². The highest BCUT2D eigenvalue weighted by atomic mass is 35.5. The Morgan fingerprint density at radius 3 is 2.56 bits per heavy atom. The van der Waals surface area contributed by atoms with Crippen molar-refractivity contribution in [2.75, 3.05) is 19.0 Å². The van der Waals surface area contributed by atoms with Crippen molar-refractivity contribution < 1.29 is 9.53 Å². The molecule has 18 heavy (non-hydrogen) atoms. The number of nitrogens with one attached hydrogen (secondary N) is 1. The molecule has 1 aromatic carbocycles. The summed E-state index contributed by atoms with van der Waals surface area (Å²) in [6.45, 7) is 7.38. The van der Waals surface area contributed by atoms with Crippen molar-refractivity contribution >= 4 is 17.5 Å². The van der Waals surface area contributed by atoms with Gasteiger partial charge in [-0.25, -0.2) is 0 Å². The van der Waals surface area contributed by atoms with Crippen LogP contribution in [0.1, 0.15) is 23.1 Å². The Morgan fingerprint density at radius 1 is 1.22 bits per heavy atom. The first-order valence-corrected chi connectivity index (χ1v) is 6.61. The number of hydrogen-bond acceptors (Lipinski definition) is 2. The fourth-order valence-electron chi connectivity index (χ4n) is 1.62. The number of amides is 1. The number of benzene rings is 1. The Bertz CT molecular complexity index is 419. The molecule has 0 heterocycles. The summed E-state index contributed by atoms with van der Waals surface area (Å²) in [6, 6.07) is 4.18. The van der Waals surface area contributed by atoms with Crippen molar-refractivity contribution in [2.45, 2.75) is 27.2 Å². The summed E-state index contributed by atoms with van der Waals surface area (Å²) in [5.41, 5.74) is 3.64. The van der Waals surface area contributed by atoms with Crippen LogP contribution in [-0.4, -0.2) is 24.9 Å². The highest BCUT2D eigenvalue weighted by molar-refractivity contribution is 6.27. The molecular formula is C14H20ClNO2. The van der Waals surface area contributed by atoms with Crippen LogP contribution in [0.4, 0.5) is 0 Å². The van der Waals surface area contributed by atoms with E-state index in [0.29, 0.717) is 13.2 Å². The largest absolute Gasteiger partial charge is 0.493 e. The van der Waals surface area contributed by atoms with Gasteiger partial charge in [0, 0.05) is 6.54 Å². The van der Waals surface area contributed by atoms with Gasteiger partial charge in [0.2, 0.25) is 5.91 Å². The van der Waals surface area contributed by atoms with Gasteiger partial charge in [-0.1, -0.05) is 6.07 Å². The molecule has 1 aromatic rings. The second-order valence-electron chi connectivity index (χ2n) is 4.39. The lowest BCUT2D eigenvalue weighted by molar-refractivity contribution is -0.118. The second kappa shape index (κ2) is 7.27. The third kappa shape index (κ3) is 4.57. The van der Waals surface area contributed by atoms with Crippen LogP contribution < -0.4 is 10.1 Å². The van der Waals surface area contributed by atoms with Gasteiger partial charge in [0.1, 0.15) is 11.6 Å². The Balaban J connectivity index is 2.36. The lowest BCUT2D eigenvalue weighted by atomic mass is 10.1. The molecule has 3 nitrogen and oxygen atoms in total. The van der Waals surface area contributed by atoms with Crippen LogP contribution in [0.15, 0.2) is 12.1 Å². The molecule has 0 aliphatic rings. The highest BCUT2D eigenvalue weighted by Gasteiger charge is 2.03. The summed E-state index contributed by atoms with van der Waals surface area (Å²) < 4.78 is 5.70. The molecular weight excluding hydrogens is 250 g/mol. The van der Waals surface area contributed by atoms with E-state index >= 15 is 0 Å². The first-order chi connectivity index (χ1) is 8.54. The van der Waals surface area contributed by atoms with E-state index in [1.807, 2.05) is 6.92 Å². The van der Waals surface area contributed by atoms with Crippen LogP contribution in [0.2, 0.25) is 0 Å². The van der Waals surface area contributed by atoms with Crippen molar-refractivity contribution in [3.63, 3.8) is 0 Å². The van der Waals surface area contributed by atoms with Crippen LogP contribution >= 0.6 is 11.6 Å². The maximum Gasteiger partial charge on any atom is 0.234 e. The van der Waals surface area contributed by atoms with E-state index in [4.69, 9.17) is 16.3 Å². The van der Waals surface area contributed by atoms with Gasteiger partial charge in [-0.3, -0.25) is 4.79 Å². The minimum atomic E-state index is -0.140. The second-order valence-corrected chi connectivity index (χ2v) is 4.65. The van der Waals surface area contributed by atoms with Crippen molar-refractivity contribution in [2.24, 2.45) is 0 Å². The van der Waals surface area contributed by atoms with Crippen molar-refractivity contribution in [1.82, 2.24) is 5.32 Å². The van der Waals surface area contributed by atoms with Crippen LogP contribution in [-0.2, 0) is 4.79 Å². The van der Waals surface area contributed by atoms with Gasteiger partial charge < -0.3 is 10.1 Å². The zero-order valence-corrected chi connectivity index (χ0v) is 11.9. The predicted octanol–water partition coefficient (Wildman–Crippen LogP) is 2.74. The van der Waals surface area contributed by atoms with E-state index in [-0.39, 0.29) is 11.8 Å². The summed E-state index contributed by atoms with van der Waals surface area (Å²) in [4.78, 5) is 10.9. The molecule has 0 radical (unpaired) electrons. The first kappa shape index (κ1) is 14.8. The van der Waals surface area contributed by atoms with Gasteiger partial charge in [0.05, 0.1) is 6.61 Å². The molecule has 0 atom stereocenters. The predicted molar refractivity (Wildman–Crippen MR) is 74.5 cm³/mol. The Kier molecular flexibility index (Phi) is 5.99. The molecule has 0 aliphatic heterocycles. The van der Waals surface area contributed by atoms with E-state index in [1.165, 1.54) is 11.1 Å². The maximum absolute atomic E-state index is 10.9. The van der Waals surface area contributed by atoms with E-state index in [2.05, 4.69) is 31.3 Å². The van der Waals surface area contributed by atoms with Crippen molar-refractivity contribution in [3.8, 4) is 5.75 Å². The Hall–Kier alpha value is -1.22. The number of carbonyl (C=O) groups is 1. The third-order valence-electron chi connectivity index (χ3n) is 2.81. The van der Waals surface area contributed by atoms with Crippen molar-refractivity contribution in [1.29, 1.82) is 0 Å². The normalized spacial score (nSPS) is 10.2. The van der Waals surface area contributed by atoms with Gasteiger partial charge >= 0.3 is 0 Å². The minimum Gasteiger partial charge on any atom is -0.493 e. The minimum absolute atomic E-state index is 0.0110. The van der Waals surface area contributed by atoms with Crippen LogP contribution in [0.25, 0.3) is 0 Å². The molecule has 1 rings (SSSR count). The lowest BCUT2D eigenvalue weighted by Gasteiger charge is -2.11. The summed E-state index contributed by atoms with van der Waals surface area (Å²) in [5, 5.41) is 2.70. The quantitative estimate of drug-likeness (QED) is 0.637. The molecule has 0 saturated carbocycles. The number of carbonyl (C=O) groups excluding carboxylic acids is 1. The zero-order chi connectivity index (χ0) is 13.5. The molecule has 0 saturated heterocycles. The van der Waals surface area contributed by atoms with Crippen LogP contribution in [0.3, 0.4) is 0 Å². The van der Waals surface area contributed by atoms with Gasteiger partial charge in [-0.05, 0) is 49.9 Å². The van der Waals surface area contributed by atoms with Crippen LogP contribution in [0.5, 0.6) is 5.75 Å². The third-order valence-corrected chi connectivity index (χ3v) is 3.06. The monoisotopic (exact) mass is 269 g/mol. The number of aryl methyl sites for hydroxylation is 3. The van der Waals surface area contributed by atoms with Gasteiger partial charge in [-0.15, -0.1) is 11.6 Å². The summed E-state index contributed by atoms with van der Waals surface area (Å²) in [7, 11) is 0. The fraction of sp³-hybridized carbons (Fsp3) is 0.500. The highest BCUT2D eigenvalue weighted by Crippen LogP contribution is 2.22. The number of halogens is 1. The van der Waals surface area contributed by atoms with Crippen molar-refractivity contribution in [3.05, 3.63) is 28.8 Å². The Morgan fingerprint density at radius 2 is 1.89 bits per heavy atom. The van der Waals surface area contributed by atoms with Gasteiger partial charge in [-0.2, -0.15) is 0 Å². The average Bonchev–Trinajstić information content (AvgIpc) is 2.34. The first-order valence-electron chi connectivity index (χ1n) is 6.08. The summed E-state index contributed by atoms with van der Waals surface area (Å²) in [5.74, 6) is 0.790. The topological polar surface area (TPSA) is 38.3 Å². The van der Waals surface area contributed by atoms with E-state index in [9.17, 15) is 4.79 Å². The summed E-state index contributed by atoms with van der Waals surface area (Å²) >= 11 is 5.37. The number of alkyl halides is 1. The van der Waals surface area contributed by atoms with Gasteiger partial charge in [0.15, 0.2) is 0 Å². The maximum atomic E-state index is 10.9. The molecule has 0 bridgehead atoms. The lowest BCUT2D eigenvalue weighted by Crippen LogP contribution is -2.26. The zero-order valence-electron chi connectivity index (χ0n) is 11.2. The van der Waals surface area contributed by atoms with Gasteiger partial charge in [0.25, 0.3) is 0 Å². The standard InChI is InChI=1S/C14H20ClNO2/c1-10-7-12(3)13(8-11(10)2)18-6-4-5-16-14(17)9-15/h7-8H,4-6,9H2,1-3H3,(H,16,17). The number of rotatable bonds is 6. The molecule has 0 fully saturated rings. The molecule has 0 unspecified atom stereocenters. The number of ether oxygens (including phenoxy) is 1. The molecule has 1 amide bonds. The smallest absolute Gasteiger partial charge is 0.234 e.